The Morgan fingerprint density at radius 2 is 1.68 bits per heavy atom. The minimum Gasteiger partial charge on any atom is -0.461 e. The van der Waals surface area contributed by atoms with Crippen molar-refractivity contribution in [3.05, 3.63) is 22.5 Å². The molecule has 2 saturated carbocycles. The lowest BCUT2D eigenvalue weighted by Crippen LogP contribution is -2.41. The lowest BCUT2D eigenvalue weighted by Gasteiger charge is -2.35. The van der Waals surface area contributed by atoms with E-state index in [2.05, 4.69) is 9.88 Å². The van der Waals surface area contributed by atoms with E-state index in [1.807, 2.05) is 20.8 Å². The number of carbonyl (C=O) groups is 2. The molecule has 0 bridgehead atoms. The number of hydrogen-bond acceptors (Lipinski definition) is 3. The SMILES string of the molecule is CCOC(=O)c1[nH]c(C)c(CN(C(=O)CC2CCCC2)C2CCCCC2)c1C. The smallest absolute Gasteiger partial charge is 0.355 e. The highest BCUT2D eigenvalue weighted by Gasteiger charge is 2.30. The predicted molar refractivity (Wildman–Crippen MR) is 110 cm³/mol. The zero-order chi connectivity index (χ0) is 20.1. The van der Waals surface area contributed by atoms with Crippen LogP contribution < -0.4 is 0 Å². The molecular weight excluding hydrogens is 352 g/mol. The Hall–Kier alpha value is -1.78. The standard InChI is InChI=1S/C23H36N2O3/c1-4-28-23(27)22-16(2)20(17(3)24-22)15-25(19-12-6-5-7-13-19)21(26)14-18-10-8-9-11-18/h18-19,24H,4-15H2,1-3H3. The topological polar surface area (TPSA) is 62.4 Å². The molecule has 1 amide bonds. The van der Waals surface area contributed by atoms with Gasteiger partial charge in [0.1, 0.15) is 5.69 Å². The number of ether oxygens (including phenoxy) is 1. The van der Waals surface area contributed by atoms with Crippen LogP contribution in [0.5, 0.6) is 0 Å². The maximum Gasteiger partial charge on any atom is 0.355 e. The first kappa shape index (κ1) is 20.9. The van der Waals surface area contributed by atoms with Gasteiger partial charge in [-0.25, -0.2) is 4.79 Å². The van der Waals surface area contributed by atoms with Crippen molar-refractivity contribution in [2.75, 3.05) is 6.61 Å². The molecule has 1 aromatic rings. The maximum absolute atomic E-state index is 13.3. The van der Waals surface area contributed by atoms with Crippen molar-refractivity contribution in [3.8, 4) is 0 Å². The van der Waals surface area contributed by atoms with Crippen LogP contribution in [0.1, 0.15) is 98.4 Å². The van der Waals surface area contributed by atoms with Crippen molar-refractivity contribution in [1.29, 1.82) is 0 Å². The molecule has 2 aliphatic rings. The third-order valence-corrected chi connectivity index (χ3v) is 6.67. The molecule has 3 rings (SSSR count). The molecular formula is C23H36N2O3. The van der Waals surface area contributed by atoms with Gasteiger partial charge in [-0.15, -0.1) is 0 Å². The van der Waals surface area contributed by atoms with Crippen LogP contribution in [0.3, 0.4) is 0 Å². The van der Waals surface area contributed by atoms with E-state index < -0.39 is 0 Å². The number of aryl methyl sites for hydroxylation is 1. The first-order valence-corrected chi connectivity index (χ1v) is 11.2. The van der Waals surface area contributed by atoms with E-state index in [0.29, 0.717) is 43.1 Å². The minimum atomic E-state index is -0.309. The van der Waals surface area contributed by atoms with Gasteiger partial charge in [0.05, 0.1) is 6.61 Å². The molecule has 28 heavy (non-hydrogen) atoms. The molecule has 0 atom stereocenters. The molecule has 5 nitrogen and oxygen atoms in total. The maximum atomic E-state index is 13.3. The van der Waals surface area contributed by atoms with Gasteiger partial charge in [-0.3, -0.25) is 4.79 Å². The van der Waals surface area contributed by atoms with Gasteiger partial charge in [-0.05, 0) is 63.5 Å². The van der Waals surface area contributed by atoms with Crippen molar-refractivity contribution in [2.45, 2.75) is 97.6 Å². The average Bonchev–Trinajstić information content (AvgIpc) is 3.29. The van der Waals surface area contributed by atoms with Gasteiger partial charge in [-0.2, -0.15) is 0 Å². The van der Waals surface area contributed by atoms with Gasteiger partial charge in [0.25, 0.3) is 0 Å². The van der Waals surface area contributed by atoms with E-state index >= 15 is 0 Å². The number of amides is 1. The molecule has 0 unspecified atom stereocenters. The summed E-state index contributed by atoms with van der Waals surface area (Å²) < 4.78 is 5.18. The lowest BCUT2D eigenvalue weighted by atomic mass is 9.92. The van der Waals surface area contributed by atoms with Gasteiger partial charge in [0.2, 0.25) is 5.91 Å². The summed E-state index contributed by atoms with van der Waals surface area (Å²) in [4.78, 5) is 30.9. The minimum absolute atomic E-state index is 0.302. The van der Waals surface area contributed by atoms with Crippen molar-refractivity contribution in [3.63, 3.8) is 0 Å². The first-order valence-electron chi connectivity index (χ1n) is 11.2. The summed E-state index contributed by atoms with van der Waals surface area (Å²) in [5.74, 6) is 0.550. The highest BCUT2D eigenvalue weighted by molar-refractivity contribution is 5.90. The molecule has 0 saturated heterocycles. The Morgan fingerprint density at radius 1 is 1.04 bits per heavy atom. The molecule has 2 fully saturated rings. The largest absolute Gasteiger partial charge is 0.461 e. The van der Waals surface area contributed by atoms with Crippen molar-refractivity contribution in [1.82, 2.24) is 9.88 Å². The van der Waals surface area contributed by atoms with E-state index in [1.54, 1.807) is 0 Å². The van der Waals surface area contributed by atoms with E-state index in [-0.39, 0.29) is 5.97 Å². The number of aromatic amines is 1. The second kappa shape index (κ2) is 9.62. The van der Waals surface area contributed by atoms with Crippen LogP contribution in [0.15, 0.2) is 0 Å². The second-order valence-electron chi connectivity index (χ2n) is 8.62. The summed E-state index contributed by atoms with van der Waals surface area (Å²) in [6.45, 7) is 6.73. The Bertz CT molecular complexity index is 682. The van der Waals surface area contributed by atoms with Crippen LogP contribution in [-0.2, 0) is 16.1 Å². The molecule has 0 spiro atoms. The van der Waals surface area contributed by atoms with Crippen molar-refractivity contribution < 1.29 is 14.3 Å². The highest BCUT2D eigenvalue weighted by atomic mass is 16.5. The number of nitrogens with zero attached hydrogens (tertiary/aromatic N) is 1. The van der Waals surface area contributed by atoms with Gasteiger partial charge in [0, 0.05) is 24.7 Å². The second-order valence-corrected chi connectivity index (χ2v) is 8.62. The molecule has 5 heteroatoms. The van der Waals surface area contributed by atoms with Crippen molar-refractivity contribution in [2.24, 2.45) is 5.92 Å². The fourth-order valence-electron chi connectivity index (χ4n) is 5.00. The van der Waals surface area contributed by atoms with E-state index in [4.69, 9.17) is 4.74 Å². The monoisotopic (exact) mass is 388 g/mol. The summed E-state index contributed by atoms with van der Waals surface area (Å²) in [7, 11) is 0. The molecule has 0 radical (unpaired) electrons. The number of rotatable bonds is 7. The average molecular weight is 389 g/mol. The van der Waals surface area contributed by atoms with Crippen LogP contribution in [0.25, 0.3) is 0 Å². The number of esters is 1. The van der Waals surface area contributed by atoms with Gasteiger partial charge in [0.15, 0.2) is 0 Å². The Labute approximate surface area is 169 Å². The molecule has 2 aliphatic carbocycles. The van der Waals surface area contributed by atoms with Crippen molar-refractivity contribution >= 4 is 11.9 Å². The van der Waals surface area contributed by atoms with Crippen LogP contribution >= 0.6 is 0 Å². The third kappa shape index (κ3) is 4.79. The molecule has 156 valence electrons. The number of aromatic nitrogens is 1. The zero-order valence-corrected chi connectivity index (χ0v) is 17.8. The van der Waals surface area contributed by atoms with Gasteiger partial charge in [-0.1, -0.05) is 32.1 Å². The summed E-state index contributed by atoms with van der Waals surface area (Å²) >= 11 is 0. The zero-order valence-electron chi connectivity index (χ0n) is 17.8. The van der Waals surface area contributed by atoms with Crippen LogP contribution in [0.4, 0.5) is 0 Å². The number of hydrogen-bond donors (Lipinski definition) is 1. The van der Waals surface area contributed by atoms with E-state index in [9.17, 15) is 9.59 Å². The summed E-state index contributed by atoms with van der Waals surface area (Å²) in [6.07, 6.45) is 11.5. The highest BCUT2D eigenvalue weighted by Crippen LogP contribution is 2.31. The van der Waals surface area contributed by atoms with Gasteiger partial charge >= 0.3 is 5.97 Å². The molecule has 1 aromatic heterocycles. The Kier molecular flexibility index (Phi) is 7.19. The molecule has 1 N–H and O–H groups in total. The number of H-pyrrole nitrogens is 1. The number of nitrogens with one attached hydrogen (secondary N) is 1. The quantitative estimate of drug-likeness (QED) is 0.665. The predicted octanol–water partition coefficient (Wildman–Crippen LogP) is 5.05. The fraction of sp³-hybridized carbons (Fsp3) is 0.739. The summed E-state index contributed by atoms with van der Waals surface area (Å²) in [5, 5.41) is 0. The van der Waals surface area contributed by atoms with Crippen LogP contribution in [-0.4, -0.2) is 34.4 Å². The van der Waals surface area contributed by atoms with Gasteiger partial charge < -0.3 is 14.6 Å². The first-order chi connectivity index (χ1) is 13.5. The van der Waals surface area contributed by atoms with E-state index in [0.717, 1.165) is 29.7 Å². The molecule has 1 heterocycles. The number of carbonyl (C=O) groups excluding carboxylic acids is 2. The summed E-state index contributed by atoms with van der Waals surface area (Å²) in [6, 6.07) is 0.336. The third-order valence-electron chi connectivity index (χ3n) is 6.67. The fourth-order valence-corrected chi connectivity index (χ4v) is 5.00. The Balaban J connectivity index is 1.80. The normalized spacial score (nSPS) is 18.4. The van der Waals surface area contributed by atoms with Crippen LogP contribution in [0.2, 0.25) is 0 Å². The molecule has 0 aromatic carbocycles. The summed E-state index contributed by atoms with van der Waals surface area (Å²) in [5.41, 5.74) is 3.50. The van der Waals surface area contributed by atoms with E-state index in [1.165, 1.54) is 44.9 Å². The lowest BCUT2D eigenvalue weighted by molar-refractivity contribution is -0.136. The Morgan fingerprint density at radius 3 is 2.32 bits per heavy atom. The molecule has 0 aliphatic heterocycles. The van der Waals surface area contributed by atoms with Crippen LogP contribution in [0, 0.1) is 19.8 Å².